The molecule has 3 rings (SSSR count). The normalized spacial score (nSPS) is 23.0. The standard InChI is InChI=1S/C16H20ClF3N2O2S/c17-14-9-11(16(18,19)20)4-7-15(14)25(23,24)22-8-2-1-3-13(22)10-21-12-5-6-12/h4,7,9,12-13,21H,1-3,5-6,8,10H2/t13-/m0/s1. The van der Waals surface area contributed by atoms with Crippen LogP contribution in [0.25, 0.3) is 0 Å². The first kappa shape index (κ1) is 18.9. The van der Waals surface area contributed by atoms with E-state index in [2.05, 4.69) is 5.32 Å². The molecule has 25 heavy (non-hydrogen) atoms. The fraction of sp³-hybridized carbons (Fsp3) is 0.625. The number of piperidine rings is 1. The van der Waals surface area contributed by atoms with Crippen LogP contribution in [0.5, 0.6) is 0 Å². The number of benzene rings is 1. The first-order valence-corrected chi connectivity index (χ1v) is 10.1. The smallest absolute Gasteiger partial charge is 0.312 e. The summed E-state index contributed by atoms with van der Waals surface area (Å²) in [7, 11) is -3.94. The molecule has 1 saturated heterocycles. The number of hydrogen-bond donors (Lipinski definition) is 1. The molecular formula is C16H20ClF3N2O2S. The third kappa shape index (κ3) is 4.30. The predicted molar refractivity (Wildman–Crippen MR) is 89.0 cm³/mol. The van der Waals surface area contributed by atoms with E-state index in [9.17, 15) is 21.6 Å². The van der Waals surface area contributed by atoms with E-state index in [1.165, 1.54) is 4.31 Å². The quantitative estimate of drug-likeness (QED) is 0.826. The molecule has 0 unspecified atom stereocenters. The molecule has 9 heteroatoms. The van der Waals surface area contributed by atoms with E-state index in [4.69, 9.17) is 11.6 Å². The molecule has 140 valence electrons. The van der Waals surface area contributed by atoms with Gasteiger partial charge in [-0.2, -0.15) is 17.5 Å². The summed E-state index contributed by atoms with van der Waals surface area (Å²) in [4.78, 5) is -0.263. The van der Waals surface area contributed by atoms with E-state index in [0.717, 1.165) is 44.2 Å². The number of nitrogens with one attached hydrogen (secondary N) is 1. The molecule has 0 radical (unpaired) electrons. The number of hydrogen-bond acceptors (Lipinski definition) is 3. The molecule has 1 aliphatic carbocycles. The number of alkyl halides is 3. The van der Waals surface area contributed by atoms with Crippen LogP contribution in [0.2, 0.25) is 5.02 Å². The van der Waals surface area contributed by atoms with Crippen LogP contribution in [0, 0.1) is 0 Å². The van der Waals surface area contributed by atoms with Gasteiger partial charge in [0.05, 0.1) is 10.6 Å². The van der Waals surface area contributed by atoms with Crippen molar-refractivity contribution in [3.63, 3.8) is 0 Å². The Morgan fingerprint density at radius 3 is 2.52 bits per heavy atom. The van der Waals surface area contributed by atoms with Gasteiger partial charge in [-0.15, -0.1) is 0 Å². The lowest BCUT2D eigenvalue weighted by Gasteiger charge is -2.35. The van der Waals surface area contributed by atoms with Crippen molar-refractivity contribution in [3.05, 3.63) is 28.8 Å². The Balaban J connectivity index is 1.85. The Labute approximate surface area is 150 Å². The van der Waals surface area contributed by atoms with Crippen molar-refractivity contribution >= 4 is 21.6 Å². The van der Waals surface area contributed by atoms with Crippen LogP contribution in [0.4, 0.5) is 13.2 Å². The molecule has 1 heterocycles. The summed E-state index contributed by atoms with van der Waals surface area (Å²) >= 11 is 5.90. The highest BCUT2D eigenvalue weighted by Crippen LogP contribution is 2.35. The van der Waals surface area contributed by atoms with Crippen molar-refractivity contribution < 1.29 is 21.6 Å². The zero-order valence-corrected chi connectivity index (χ0v) is 15.1. The van der Waals surface area contributed by atoms with Gasteiger partial charge in [-0.25, -0.2) is 8.42 Å². The van der Waals surface area contributed by atoms with E-state index in [1.807, 2.05) is 0 Å². The van der Waals surface area contributed by atoms with Crippen molar-refractivity contribution in [1.82, 2.24) is 9.62 Å². The molecule has 0 aromatic heterocycles. The second-order valence-corrected chi connectivity index (χ2v) is 8.86. The van der Waals surface area contributed by atoms with Crippen LogP contribution < -0.4 is 5.32 Å². The van der Waals surface area contributed by atoms with Gasteiger partial charge >= 0.3 is 6.18 Å². The molecule has 2 fully saturated rings. The SMILES string of the molecule is O=S(=O)(c1ccc(C(F)(F)F)cc1Cl)N1CCCC[C@H]1CNC1CC1. The van der Waals surface area contributed by atoms with Crippen LogP contribution in [-0.4, -0.2) is 37.9 Å². The molecule has 4 nitrogen and oxygen atoms in total. The summed E-state index contributed by atoms with van der Waals surface area (Å²) in [6.07, 6.45) is 0.0422. The second-order valence-electron chi connectivity index (χ2n) is 6.59. The van der Waals surface area contributed by atoms with Crippen LogP contribution in [-0.2, 0) is 16.2 Å². The lowest BCUT2D eigenvalue weighted by Crippen LogP contribution is -2.48. The highest BCUT2D eigenvalue weighted by molar-refractivity contribution is 7.89. The third-order valence-corrected chi connectivity index (χ3v) is 7.07. The van der Waals surface area contributed by atoms with Gasteiger partial charge in [-0.05, 0) is 43.9 Å². The molecule has 1 aliphatic heterocycles. The lowest BCUT2D eigenvalue weighted by molar-refractivity contribution is -0.137. The minimum absolute atomic E-state index is 0.197. The zero-order chi connectivity index (χ0) is 18.2. The fourth-order valence-electron chi connectivity index (χ4n) is 3.10. The molecule has 1 aromatic rings. The molecule has 0 amide bonds. The van der Waals surface area contributed by atoms with E-state index in [1.54, 1.807) is 0 Å². The highest BCUT2D eigenvalue weighted by Gasteiger charge is 2.37. The third-order valence-electron chi connectivity index (χ3n) is 4.64. The molecule has 0 bridgehead atoms. The molecule has 1 saturated carbocycles. The summed E-state index contributed by atoms with van der Waals surface area (Å²) in [5, 5.41) is 2.94. The van der Waals surface area contributed by atoms with Gasteiger partial charge in [-0.1, -0.05) is 18.0 Å². The Kier molecular flexibility index (Phi) is 5.35. The minimum atomic E-state index is -4.56. The Hall–Kier alpha value is -0.830. The molecule has 1 N–H and O–H groups in total. The van der Waals surface area contributed by atoms with Crippen molar-refractivity contribution in [2.75, 3.05) is 13.1 Å². The first-order chi connectivity index (χ1) is 11.7. The van der Waals surface area contributed by atoms with Crippen molar-refractivity contribution in [3.8, 4) is 0 Å². The van der Waals surface area contributed by atoms with Crippen LogP contribution in [0.1, 0.15) is 37.7 Å². The summed E-state index contributed by atoms with van der Waals surface area (Å²) in [6.45, 7) is 0.916. The Morgan fingerprint density at radius 2 is 1.92 bits per heavy atom. The first-order valence-electron chi connectivity index (χ1n) is 8.31. The maximum atomic E-state index is 13.0. The summed E-state index contributed by atoms with van der Waals surface area (Å²) in [5.74, 6) is 0. The van der Waals surface area contributed by atoms with E-state index in [0.29, 0.717) is 25.2 Å². The summed E-state index contributed by atoms with van der Waals surface area (Å²) in [6, 6.07) is 2.66. The Bertz CT molecular complexity index is 735. The van der Waals surface area contributed by atoms with E-state index < -0.39 is 26.8 Å². The van der Waals surface area contributed by atoms with Gasteiger partial charge in [0, 0.05) is 25.2 Å². The molecule has 0 spiro atoms. The van der Waals surface area contributed by atoms with E-state index in [-0.39, 0.29) is 10.9 Å². The zero-order valence-electron chi connectivity index (χ0n) is 13.5. The molecule has 1 aromatic carbocycles. The number of nitrogens with zero attached hydrogens (tertiary/aromatic N) is 1. The number of sulfonamides is 1. The largest absolute Gasteiger partial charge is 0.416 e. The molecule has 2 aliphatic rings. The van der Waals surface area contributed by atoms with Gasteiger partial charge in [-0.3, -0.25) is 0 Å². The van der Waals surface area contributed by atoms with Crippen molar-refractivity contribution in [1.29, 1.82) is 0 Å². The van der Waals surface area contributed by atoms with E-state index >= 15 is 0 Å². The van der Waals surface area contributed by atoms with Crippen molar-refractivity contribution in [2.24, 2.45) is 0 Å². The maximum absolute atomic E-state index is 13.0. The Morgan fingerprint density at radius 1 is 1.20 bits per heavy atom. The predicted octanol–water partition coefficient (Wildman–Crippen LogP) is 3.65. The number of rotatable bonds is 5. The monoisotopic (exact) mass is 396 g/mol. The fourth-order valence-corrected chi connectivity index (χ4v) is 5.31. The minimum Gasteiger partial charge on any atom is -0.312 e. The lowest BCUT2D eigenvalue weighted by atomic mass is 10.1. The van der Waals surface area contributed by atoms with Crippen LogP contribution in [0.15, 0.2) is 23.1 Å². The average Bonchev–Trinajstić information content (AvgIpc) is 3.36. The number of halogens is 4. The van der Waals surface area contributed by atoms with Gasteiger partial charge in [0.15, 0.2) is 0 Å². The van der Waals surface area contributed by atoms with Crippen molar-refractivity contribution in [2.45, 2.75) is 55.3 Å². The van der Waals surface area contributed by atoms with Crippen LogP contribution in [0.3, 0.4) is 0 Å². The van der Waals surface area contributed by atoms with Gasteiger partial charge in [0.1, 0.15) is 4.90 Å². The van der Waals surface area contributed by atoms with Crippen LogP contribution >= 0.6 is 11.6 Å². The maximum Gasteiger partial charge on any atom is 0.416 e. The second kappa shape index (κ2) is 7.06. The van der Waals surface area contributed by atoms with Gasteiger partial charge in [0.25, 0.3) is 0 Å². The average molecular weight is 397 g/mol. The summed E-state index contributed by atoms with van der Waals surface area (Å²) < 4.78 is 65.6. The molecular weight excluding hydrogens is 377 g/mol. The highest BCUT2D eigenvalue weighted by atomic mass is 35.5. The van der Waals surface area contributed by atoms with Gasteiger partial charge in [0.2, 0.25) is 10.0 Å². The molecule has 1 atom stereocenters. The topological polar surface area (TPSA) is 49.4 Å². The van der Waals surface area contributed by atoms with Gasteiger partial charge < -0.3 is 5.32 Å². The summed E-state index contributed by atoms with van der Waals surface area (Å²) in [5.41, 5.74) is -0.956.